The van der Waals surface area contributed by atoms with Gasteiger partial charge in [0.25, 0.3) is 0 Å². The van der Waals surface area contributed by atoms with Crippen molar-refractivity contribution in [2.45, 2.75) is 39.3 Å². The monoisotopic (exact) mass is 571 g/mol. The number of aromatic nitrogens is 3. The summed E-state index contributed by atoms with van der Waals surface area (Å²) in [5.74, 6) is 1.39. The summed E-state index contributed by atoms with van der Waals surface area (Å²) in [6.07, 6.45) is 7.22. The van der Waals surface area contributed by atoms with Gasteiger partial charge in [0.05, 0.1) is 11.9 Å². The highest BCUT2D eigenvalue weighted by Crippen LogP contribution is 2.29. The number of ether oxygens (including phenoxy) is 1. The van der Waals surface area contributed by atoms with Crippen LogP contribution < -0.4 is 19.7 Å². The highest BCUT2D eigenvalue weighted by Gasteiger charge is 2.29. The third-order valence-electron chi connectivity index (χ3n) is 7.30. The molecule has 0 radical (unpaired) electrons. The van der Waals surface area contributed by atoms with Gasteiger partial charge in [0.15, 0.2) is 0 Å². The third-order valence-corrected chi connectivity index (χ3v) is 7.74. The van der Waals surface area contributed by atoms with E-state index in [0.717, 1.165) is 60.9 Å². The quantitative estimate of drug-likeness (QED) is 0.218. The molecule has 41 heavy (non-hydrogen) atoms. The number of carbonyl (C=O) groups is 1. The predicted molar refractivity (Wildman–Crippen MR) is 167 cm³/mol. The fourth-order valence-corrected chi connectivity index (χ4v) is 5.54. The Kier molecular flexibility index (Phi) is 9.11. The summed E-state index contributed by atoms with van der Waals surface area (Å²) in [4.78, 5) is 22.5. The average Bonchev–Trinajstić information content (AvgIpc) is 3.37. The first-order valence-electron chi connectivity index (χ1n) is 13.8. The molecule has 0 saturated carbocycles. The maximum Gasteiger partial charge on any atom is 0.326 e. The molecule has 9 nitrogen and oxygen atoms in total. The van der Waals surface area contributed by atoms with Crippen molar-refractivity contribution < 1.29 is 9.53 Å². The zero-order valence-electron chi connectivity index (χ0n) is 24.0. The molecule has 4 aromatic rings. The summed E-state index contributed by atoms with van der Waals surface area (Å²) >= 11 is 1.56. The molecule has 1 fully saturated rings. The maximum absolute atomic E-state index is 13.4. The maximum atomic E-state index is 13.4. The number of anilines is 3. The molecule has 2 aromatic carbocycles. The Morgan fingerprint density at radius 1 is 1.07 bits per heavy atom. The number of aryl methyl sites for hydroxylation is 3. The fourth-order valence-electron chi connectivity index (χ4n) is 5.18. The van der Waals surface area contributed by atoms with E-state index < -0.39 is 0 Å². The van der Waals surface area contributed by atoms with E-state index in [1.807, 2.05) is 80.6 Å². The SMILES string of the molecule is CSNc1ccc(Oc2ccc(CN3CCC(N(C(=O)Nc4cnn(C)c4)c4ccccc4)CC3)c(C)n2)c(C)c1. The second kappa shape index (κ2) is 13.1. The first-order chi connectivity index (χ1) is 19.9. The van der Waals surface area contributed by atoms with Crippen LogP contribution in [0.3, 0.4) is 0 Å². The average molecular weight is 572 g/mol. The molecule has 0 atom stereocenters. The van der Waals surface area contributed by atoms with Gasteiger partial charge in [0, 0.05) is 68.3 Å². The van der Waals surface area contributed by atoms with E-state index in [2.05, 4.69) is 32.2 Å². The molecule has 10 heteroatoms. The summed E-state index contributed by atoms with van der Waals surface area (Å²) < 4.78 is 11.0. The normalized spacial score (nSPS) is 14.0. The highest BCUT2D eigenvalue weighted by molar-refractivity contribution is 7.99. The van der Waals surface area contributed by atoms with Gasteiger partial charge in [-0.3, -0.25) is 14.5 Å². The Hall–Kier alpha value is -4.02. The standard InChI is InChI=1S/C31H37N7O2S/c1-22-18-25(35-41-4)11-12-29(22)40-30-13-10-24(23(2)33-30)20-37-16-14-28(15-17-37)38(27-8-6-5-7-9-27)31(39)34-26-19-32-36(3)21-26/h5-13,18-19,21,28,35H,14-17,20H2,1-4H3,(H,34,39). The largest absolute Gasteiger partial charge is 0.439 e. The van der Waals surface area contributed by atoms with Crippen LogP contribution in [0.25, 0.3) is 0 Å². The Balaban J connectivity index is 1.20. The van der Waals surface area contributed by atoms with E-state index in [-0.39, 0.29) is 12.1 Å². The van der Waals surface area contributed by atoms with Gasteiger partial charge >= 0.3 is 6.03 Å². The number of likely N-dealkylation sites (tertiary alicyclic amines) is 1. The lowest BCUT2D eigenvalue weighted by Gasteiger charge is -2.38. The first kappa shape index (κ1) is 28.5. The molecule has 1 saturated heterocycles. The summed E-state index contributed by atoms with van der Waals surface area (Å²) in [6.45, 7) is 6.66. The summed E-state index contributed by atoms with van der Waals surface area (Å²) in [5, 5.41) is 7.19. The highest BCUT2D eigenvalue weighted by atomic mass is 32.2. The number of piperidine rings is 1. The van der Waals surface area contributed by atoms with Gasteiger partial charge in [0.2, 0.25) is 5.88 Å². The van der Waals surface area contributed by atoms with Gasteiger partial charge in [-0.2, -0.15) is 5.10 Å². The van der Waals surface area contributed by atoms with Gasteiger partial charge in [-0.25, -0.2) is 9.78 Å². The van der Waals surface area contributed by atoms with E-state index in [4.69, 9.17) is 9.72 Å². The molecule has 1 aliphatic rings. The van der Waals surface area contributed by atoms with Gasteiger partial charge < -0.3 is 14.8 Å². The fraction of sp³-hybridized carbons (Fsp3) is 0.323. The summed E-state index contributed by atoms with van der Waals surface area (Å²) in [6, 6.07) is 20.0. The van der Waals surface area contributed by atoms with E-state index in [1.165, 1.54) is 5.56 Å². The molecule has 2 N–H and O–H groups in total. The smallest absolute Gasteiger partial charge is 0.326 e. The van der Waals surface area contributed by atoms with Crippen molar-refractivity contribution in [3.05, 3.63) is 89.9 Å². The number of carbonyl (C=O) groups excluding carboxylic acids is 1. The Morgan fingerprint density at radius 2 is 1.85 bits per heavy atom. The Morgan fingerprint density at radius 3 is 2.51 bits per heavy atom. The van der Waals surface area contributed by atoms with Crippen LogP contribution in [0.2, 0.25) is 0 Å². The van der Waals surface area contributed by atoms with Crippen LogP contribution in [-0.4, -0.2) is 51.1 Å². The van der Waals surface area contributed by atoms with Crippen LogP contribution in [0.15, 0.2) is 73.1 Å². The first-order valence-corrected chi connectivity index (χ1v) is 15.0. The summed E-state index contributed by atoms with van der Waals surface area (Å²) in [5.41, 5.74) is 5.83. The molecular weight excluding hydrogens is 534 g/mol. The molecule has 0 unspecified atom stereocenters. The van der Waals surface area contributed by atoms with Gasteiger partial charge in [0.1, 0.15) is 5.75 Å². The number of pyridine rings is 1. The second-order valence-electron chi connectivity index (χ2n) is 10.3. The third kappa shape index (κ3) is 7.20. The minimum absolute atomic E-state index is 0.0982. The van der Waals surface area contributed by atoms with Crippen molar-refractivity contribution in [1.29, 1.82) is 0 Å². The molecule has 1 aliphatic heterocycles. The van der Waals surface area contributed by atoms with Crippen LogP contribution in [0.1, 0.15) is 29.7 Å². The van der Waals surface area contributed by atoms with Crippen LogP contribution >= 0.6 is 11.9 Å². The lowest BCUT2D eigenvalue weighted by Crippen LogP contribution is -2.49. The van der Waals surface area contributed by atoms with E-state index >= 15 is 0 Å². The number of nitrogens with one attached hydrogen (secondary N) is 2. The number of hydrogen-bond acceptors (Lipinski definition) is 7. The second-order valence-corrected chi connectivity index (χ2v) is 10.9. The number of nitrogens with zero attached hydrogens (tertiary/aromatic N) is 5. The topological polar surface area (TPSA) is 87.5 Å². The summed E-state index contributed by atoms with van der Waals surface area (Å²) in [7, 11) is 1.84. The van der Waals surface area contributed by atoms with Crippen molar-refractivity contribution in [2.24, 2.45) is 7.05 Å². The molecule has 5 rings (SSSR count). The van der Waals surface area contributed by atoms with Crippen molar-refractivity contribution in [3.63, 3.8) is 0 Å². The lowest BCUT2D eigenvalue weighted by molar-refractivity contribution is 0.199. The minimum Gasteiger partial charge on any atom is -0.439 e. The number of benzene rings is 2. The van der Waals surface area contributed by atoms with Crippen LogP contribution in [0.4, 0.5) is 21.9 Å². The van der Waals surface area contributed by atoms with Crippen molar-refractivity contribution in [3.8, 4) is 11.6 Å². The number of urea groups is 1. The molecule has 0 spiro atoms. The van der Waals surface area contributed by atoms with Crippen molar-refractivity contribution in [2.75, 3.05) is 34.3 Å². The minimum atomic E-state index is -0.135. The predicted octanol–water partition coefficient (Wildman–Crippen LogP) is 6.62. The van der Waals surface area contributed by atoms with Gasteiger partial charge in [-0.05, 0) is 68.1 Å². The number of hydrogen-bond donors (Lipinski definition) is 2. The van der Waals surface area contributed by atoms with Crippen molar-refractivity contribution in [1.82, 2.24) is 19.7 Å². The van der Waals surface area contributed by atoms with Gasteiger partial charge in [-0.15, -0.1) is 0 Å². The van der Waals surface area contributed by atoms with E-state index in [9.17, 15) is 4.79 Å². The van der Waals surface area contributed by atoms with Crippen LogP contribution in [0.5, 0.6) is 11.6 Å². The molecule has 0 aliphatic carbocycles. The Labute approximate surface area is 246 Å². The number of para-hydroxylation sites is 1. The van der Waals surface area contributed by atoms with E-state index in [0.29, 0.717) is 11.6 Å². The van der Waals surface area contributed by atoms with E-state index in [1.54, 1.807) is 29.0 Å². The molecule has 3 heterocycles. The molecule has 0 bridgehead atoms. The molecular formula is C31H37N7O2S. The van der Waals surface area contributed by atoms with Crippen LogP contribution in [0, 0.1) is 13.8 Å². The van der Waals surface area contributed by atoms with Crippen molar-refractivity contribution >= 4 is 35.0 Å². The molecule has 214 valence electrons. The van der Waals surface area contributed by atoms with Crippen LogP contribution in [-0.2, 0) is 13.6 Å². The number of amides is 2. The molecule has 2 aromatic heterocycles. The Bertz CT molecular complexity index is 1470. The molecule has 2 amide bonds. The lowest BCUT2D eigenvalue weighted by atomic mass is 10.0. The zero-order chi connectivity index (χ0) is 28.8. The number of rotatable bonds is 9. The van der Waals surface area contributed by atoms with Gasteiger partial charge in [-0.1, -0.05) is 36.2 Å². The zero-order valence-corrected chi connectivity index (χ0v) is 24.8.